The minimum absolute atomic E-state index is 0.255. The highest BCUT2D eigenvalue weighted by atomic mass is 16.5. The summed E-state index contributed by atoms with van der Waals surface area (Å²) in [6.07, 6.45) is 1.62. The highest BCUT2D eigenvalue weighted by molar-refractivity contribution is 5.99. The number of carbonyl (C=O) groups is 1. The van der Waals surface area contributed by atoms with Crippen molar-refractivity contribution >= 4 is 34.2 Å². The number of pyridine rings is 1. The van der Waals surface area contributed by atoms with Crippen LogP contribution in [0.25, 0.3) is 15.7 Å². The van der Waals surface area contributed by atoms with Crippen molar-refractivity contribution in [2.75, 3.05) is 31.0 Å². The minimum atomic E-state index is -0.458. The van der Waals surface area contributed by atoms with Crippen molar-refractivity contribution < 1.29 is 23.5 Å². The summed E-state index contributed by atoms with van der Waals surface area (Å²) in [6, 6.07) is 13.1. The Hall–Kier alpha value is -4.62. The van der Waals surface area contributed by atoms with E-state index in [1.165, 1.54) is 0 Å². The van der Waals surface area contributed by atoms with E-state index < -0.39 is 6.03 Å². The first-order valence-electron chi connectivity index (χ1n) is 10.3. The molecular formula is C24H21N5O5. The molecule has 2 aromatic heterocycles. The number of aryl methyl sites for hydroxylation is 1. The molecule has 2 amide bonds. The summed E-state index contributed by atoms with van der Waals surface area (Å²) in [5, 5.41) is 9.65. The quantitative estimate of drug-likeness (QED) is 0.263. The lowest BCUT2D eigenvalue weighted by Crippen LogP contribution is -2.18. The smallest absolute Gasteiger partial charge is 0.326 e. The van der Waals surface area contributed by atoms with E-state index in [9.17, 15) is 4.79 Å². The normalized spacial score (nSPS) is 10.5. The maximum absolute atomic E-state index is 12.1. The first kappa shape index (κ1) is 22.6. The summed E-state index contributed by atoms with van der Waals surface area (Å²) in [6.45, 7) is 9.99. The molecule has 2 aromatic carbocycles. The molecule has 2 heterocycles. The predicted octanol–water partition coefficient (Wildman–Crippen LogP) is 5.54. The number of methoxy groups -OCH3 is 1. The van der Waals surface area contributed by atoms with Gasteiger partial charge in [0.25, 0.3) is 0 Å². The molecule has 0 aliphatic rings. The average molecular weight is 459 g/mol. The van der Waals surface area contributed by atoms with Gasteiger partial charge in [-0.25, -0.2) is 9.64 Å². The van der Waals surface area contributed by atoms with Crippen LogP contribution in [-0.4, -0.2) is 36.5 Å². The van der Waals surface area contributed by atoms with Gasteiger partial charge in [0.05, 0.1) is 24.4 Å². The first-order chi connectivity index (χ1) is 16.6. The molecule has 34 heavy (non-hydrogen) atoms. The summed E-state index contributed by atoms with van der Waals surface area (Å²) < 4.78 is 21.6. The second-order valence-corrected chi connectivity index (χ2v) is 7.14. The summed E-state index contributed by atoms with van der Waals surface area (Å²) in [7, 11) is 1.58. The van der Waals surface area contributed by atoms with Gasteiger partial charge in [-0.2, -0.15) is 0 Å². The number of carbonyl (C=O) groups excluding carboxylic acids is 1. The van der Waals surface area contributed by atoms with E-state index in [-0.39, 0.29) is 5.88 Å². The fourth-order valence-corrected chi connectivity index (χ4v) is 3.09. The fraction of sp³-hybridized carbons (Fsp3) is 0.167. The van der Waals surface area contributed by atoms with Crippen LogP contribution >= 0.6 is 0 Å². The summed E-state index contributed by atoms with van der Waals surface area (Å²) in [5.74, 6) is 1.79. The summed E-state index contributed by atoms with van der Waals surface area (Å²) in [5.41, 5.74) is 2.22. The number of ether oxygens (including phenoxy) is 3. The monoisotopic (exact) mass is 459 g/mol. The van der Waals surface area contributed by atoms with Gasteiger partial charge in [0.1, 0.15) is 23.9 Å². The highest BCUT2D eigenvalue weighted by Crippen LogP contribution is 2.37. The highest BCUT2D eigenvalue weighted by Gasteiger charge is 2.12. The lowest BCUT2D eigenvalue weighted by Gasteiger charge is -2.12. The van der Waals surface area contributed by atoms with E-state index in [1.54, 1.807) is 68.8 Å². The molecule has 172 valence electrons. The molecule has 0 saturated carbocycles. The second-order valence-electron chi connectivity index (χ2n) is 7.14. The van der Waals surface area contributed by atoms with Crippen LogP contribution in [-0.2, 0) is 4.74 Å². The van der Waals surface area contributed by atoms with Gasteiger partial charge in [0, 0.05) is 30.4 Å². The number of rotatable bonds is 8. The van der Waals surface area contributed by atoms with Crippen molar-refractivity contribution in [2.24, 2.45) is 0 Å². The second kappa shape index (κ2) is 10.3. The van der Waals surface area contributed by atoms with Crippen molar-refractivity contribution in [1.82, 2.24) is 10.1 Å². The molecule has 0 radical (unpaired) electrons. The zero-order chi connectivity index (χ0) is 23.9. The van der Waals surface area contributed by atoms with Gasteiger partial charge in [-0.05, 0) is 49.4 Å². The topological polar surface area (TPSA) is 112 Å². The summed E-state index contributed by atoms with van der Waals surface area (Å²) in [4.78, 5) is 20.0. The first-order valence-corrected chi connectivity index (χ1v) is 10.3. The fourth-order valence-electron chi connectivity index (χ4n) is 3.09. The Kier molecular flexibility index (Phi) is 6.86. The van der Waals surface area contributed by atoms with Gasteiger partial charge >= 0.3 is 6.03 Å². The largest absolute Gasteiger partial charge is 0.502 e. The van der Waals surface area contributed by atoms with Gasteiger partial charge < -0.3 is 24.1 Å². The molecular weight excluding hydrogens is 438 g/mol. The number of hydrogen-bond donors (Lipinski definition) is 2. The predicted molar refractivity (Wildman–Crippen MR) is 126 cm³/mol. The van der Waals surface area contributed by atoms with Crippen LogP contribution in [0, 0.1) is 13.5 Å². The number of urea groups is 1. The third kappa shape index (κ3) is 5.40. The van der Waals surface area contributed by atoms with Crippen LogP contribution in [0.1, 0.15) is 5.69 Å². The summed E-state index contributed by atoms with van der Waals surface area (Å²) >= 11 is 0. The van der Waals surface area contributed by atoms with Gasteiger partial charge in [-0.3, -0.25) is 10.3 Å². The Bertz CT molecular complexity index is 1340. The van der Waals surface area contributed by atoms with Crippen LogP contribution in [0.15, 0.2) is 59.3 Å². The molecule has 0 unspecified atom stereocenters. The van der Waals surface area contributed by atoms with E-state index in [0.29, 0.717) is 58.4 Å². The minimum Gasteiger partial charge on any atom is -0.502 e. The molecule has 10 nitrogen and oxygen atoms in total. The average Bonchev–Trinajstić information content (AvgIpc) is 3.24. The van der Waals surface area contributed by atoms with Crippen LogP contribution in [0.4, 0.5) is 22.1 Å². The molecule has 2 N–H and O–H groups in total. The Balaban J connectivity index is 1.47. The maximum atomic E-state index is 12.1. The van der Waals surface area contributed by atoms with E-state index in [4.69, 9.17) is 25.3 Å². The zero-order valence-electron chi connectivity index (χ0n) is 18.5. The molecule has 0 aliphatic carbocycles. The van der Waals surface area contributed by atoms with Gasteiger partial charge in [0.2, 0.25) is 11.6 Å². The van der Waals surface area contributed by atoms with Crippen molar-refractivity contribution in [3.05, 3.63) is 71.8 Å². The number of hydrogen-bond acceptors (Lipinski definition) is 7. The number of nitrogens with one attached hydrogen (secondary N) is 2. The lowest BCUT2D eigenvalue weighted by atomic mass is 10.1. The Morgan fingerprint density at radius 3 is 2.62 bits per heavy atom. The number of amides is 2. The molecule has 10 heteroatoms. The number of nitrogens with zero attached hydrogens (tertiary/aromatic N) is 3. The van der Waals surface area contributed by atoms with Gasteiger partial charge in [0.15, 0.2) is 0 Å². The van der Waals surface area contributed by atoms with E-state index in [0.717, 1.165) is 0 Å². The Morgan fingerprint density at radius 2 is 1.91 bits per heavy atom. The standard InChI is InChI=1S/C24H21N5O5/c1-15-12-23(34-29-15)28-24(30)27-16-4-6-17(7-5-16)33-21-8-9-26-19-14-22(32-11-10-31-3)20(25-2)13-18(19)21/h4-9,12-14H,10-11H2,1,3H3,(H2,27,28,30). The number of aromatic nitrogens is 2. The van der Waals surface area contributed by atoms with E-state index >= 15 is 0 Å². The van der Waals surface area contributed by atoms with Crippen molar-refractivity contribution in [1.29, 1.82) is 0 Å². The molecule has 0 spiro atoms. The number of fused-ring (bicyclic) bond motifs is 1. The van der Waals surface area contributed by atoms with Crippen molar-refractivity contribution in [3.63, 3.8) is 0 Å². The van der Waals surface area contributed by atoms with Crippen molar-refractivity contribution in [2.45, 2.75) is 6.92 Å². The Labute approximate surface area is 195 Å². The zero-order valence-corrected chi connectivity index (χ0v) is 18.5. The SMILES string of the molecule is [C-]#[N+]c1cc2c(Oc3ccc(NC(=O)Nc4cc(C)no4)cc3)ccnc2cc1OCCOC. The Morgan fingerprint density at radius 1 is 1.09 bits per heavy atom. The molecule has 0 atom stereocenters. The van der Waals surface area contributed by atoms with Gasteiger partial charge in [-0.15, -0.1) is 0 Å². The maximum Gasteiger partial charge on any atom is 0.326 e. The molecule has 0 aliphatic heterocycles. The van der Waals surface area contributed by atoms with Gasteiger partial charge in [-0.1, -0.05) is 5.16 Å². The molecule has 0 bridgehead atoms. The van der Waals surface area contributed by atoms with Crippen LogP contribution in [0.2, 0.25) is 0 Å². The van der Waals surface area contributed by atoms with Crippen LogP contribution in [0.5, 0.6) is 17.2 Å². The molecule has 4 rings (SSSR count). The van der Waals surface area contributed by atoms with Crippen LogP contribution in [0.3, 0.4) is 0 Å². The molecule has 0 fully saturated rings. The van der Waals surface area contributed by atoms with Crippen molar-refractivity contribution in [3.8, 4) is 17.2 Å². The number of benzene rings is 2. The molecule has 0 saturated heterocycles. The third-order valence-corrected chi connectivity index (χ3v) is 4.65. The molecule has 4 aromatic rings. The van der Waals surface area contributed by atoms with E-state index in [2.05, 4.69) is 25.6 Å². The number of anilines is 2. The third-order valence-electron chi connectivity index (χ3n) is 4.65. The van der Waals surface area contributed by atoms with E-state index in [1.807, 2.05) is 0 Å². The lowest BCUT2D eigenvalue weighted by molar-refractivity contribution is 0.147. The van der Waals surface area contributed by atoms with Crippen LogP contribution < -0.4 is 20.1 Å².